The van der Waals surface area contributed by atoms with Crippen molar-refractivity contribution in [1.29, 1.82) is 0 Å². The average Bonchev–Trinajstić information content (AvgIpc) is 2.44. The zero-order valence-electron chi connectivity index (χ0n) is 11.8. The largest absolute Gasteiger partial charge is 0.490 e. The Labute approximate surface area is 115 Å². The first kappa shape index (κ1) is 15.4. The lowest BCUT2D eigenvalue weighted by Crippen LogP contribution is -2.09. The Kier molecular flexibility index (Phi) is 6.90. The van der Waals surface area contributed by atoms with Crippen molar-refractivity contribution in [3.63, 3.8) is 0 Å². The van der Waals surface area contributed by atoms with Crippen LogP contribution in [0.3, 0.4) is 0 Å². The molecule has 104 valence electrons. The Morgan fingerprint density at radius 2 is 2.05 bits per heavy atom. The van der Waals surface area contributed by atoms with Crippen LogP contribution < -0.4 is 4.74 Å². The second-order valence-electron chi connectivity index (χ2n) is 4.18. The van der Waals surface area contributed by atoms with Gasteiger partial charge in [0.1, 0.15) is 12.4 Å². The number of benzene rings is 1. The minimum Gasteiger partial charge on any atom is -0.490 e. The summed E-state index contributed by atoms with van der Waals surface area (Å²) in [6.45, 7) is 9.40. The summed E-state index contributed by atoms with van der Waals surface area (Å²) >= 11 is 0. The van der Waals surface area contributed by atoms with Crippen molar-refractivity contribution in [1.82, 2.24) is 0 Å². The summed E-state index contributed by atoms with van der Waals surface area (Å²) in [4.78, 5) is 11.2. The molecule has 0 atom stereocenters. The Bertz CT molecular complexity index is 424. The second kappa shape index (κ2) is 8.48. The van der Waals surface area contributed by atoms with Crippen LogP contribution in [0.5, 0.6) is 5.75 Å². The molecule has 0 radical (unpaired) electrons. The third-order valence-electron chi connectivity index (χ3n) is 2.83. The van der Waals surface area contributed by atoms with Gasteiger partial charge in [0.2, 0.25) is 0 Å². The molecule has 0 heterocycles. The van der Waals surface area contributed by atoms with Gasteiger partial charge in [0.05, 0.1) is 12.2 Å². The third kappa shape index (κ3) is 4.52. The van der Waals surface area contributed by atoms with Gasteiger partial charge in [-0.1, -0.05) is 19.1 Å². The van der Waals surface area contributed by atoms with Crippen molar-refractivity contribution >= 4 is 6.29 Å². The van der Waals surface area contributed by atoms with Gasteiger partial charge in [-0.2, -0.15) is 0 Å². The van der Waals surface area contributed by atoms with Crippen LogP contribution in [0.4, 0.5) is 0 Å². The minimum atomic E-state index is 0.449. The molecule has 1 rings (SSSR count). The van der Waals surface area contributed by atoms with E-state index < -0.39 is 0 Å². The molecule has 0 saturated heterocycles. The van der Waals surface area contributed by atoms with Crippen LogP contribution >= 0.6 is 0 Å². The van der Waals surface area contributed by atoms with Crippen molar-refractivity contribution in [2.24, 2.45) is 0 Å². The summed E-state index contributed by atoms with van der Waals surface area (Å²) < 4.78 is 10.9. The number of carbonyl (C=O) groups is 1. The smallest absolute Gasteiger partial charge is 0.153 e. The molecule has 3 heteroatoms. The molecule has 0 spiro atoms. The van der Waals surface area contributed by atoms with E-state index in [0.717, 1.165) is 23.8 Å². The molecule has 0 unspecified atom stereocenters. The number of ether oxygens (including phenoxy) is 2. The number of aryl methyl sites for hydroxylation is 1. The molecule has 0 aromatic heterocycles. The lowest BCUT2D eigenvalue weighted by Gasteiger charge is -2.14. The lowest BCUT2D eigenvalue weighted by atomic mass is 10.0. The van der Waals surface area contributed by atoms with Gasteiger partial charge in [0.25, 0.3) is 0 Å². The van der Waals surface area contributed by atoms with Crippen molar-refractivity contribution in [2.75, 3.05) is 19.8 Å². The van der Waals surface area contributed by atoms with Crippen LogP contribution in [-0.2, 0) is 17.6 Å². The van der Waals surface area contributed by atoms with Crippen LogP contribution in [-0.4, -0.2) is 26.1 Å². The predicted molar refractivity (Wildman–Crippen MR) is 77.1 cm³/mol. The number of hydrogen-bond donors (Lipinski definition) is 0. The Morgan fingerprint density at radius 3 is 2.63 bits per heavy atom. The van der Waals surface area contributed by atoms with Crippen molar-refractivity contribution in [3.8, 4) is 5.75 Å². The highest BCUT2D eigenvalue weighted by atomic mass is 16.5. The molecule has 0 saturated carbocycles. The zero-order valence-corrected chi connectivity index (χ0v) is 11.8. The van der Waals surface area contributed by atoms with Gasteiger partial charge in [-0.25, -0.2) is 0 Å². The molecule has 0 aliphatic heterocycles. The van der Waals surface area contributed by atoms with E-state index in [9.17, 15) is 4.79 Å². The normalized spacial score (nSPS) is 10.2. The molecule has 3 nitrogen and oxygen atoms in total. The number of rotatable bonds is 9. The van der Waals surface area contributed by atoms with Crippen LogP contribution in [0.2, 0.25) is 0 Å². The number of carbonyl (C=O) groups excluding carboxylic acids is 1. The van der Waals surface area contributed by atoms with Crippen LogP contribution in [0.25, 0.3) is 0 Å². The molecule has 0 aliphatic carbocycles. The first-order valence-corrected chi connectivity index (χ1v) is 6.69. The summed E-state index contributed by atoms with van der Waals surface area (Å²) in [6.07, 6.45) is 4.25. The Morgan fingerprint density at radius 1 is 1.26 bits per heavy atom. The SMILES string of the molecule is C=CCc1cc(CC)cc(C=O)c1OCCOCC. The van der Waals surface area contributed by atoms with Gasteiger partial charge < -0.3 is 9.47 Å². The van der Waals surface area contributed by atoms with Gasteiger partial charge >= 0.3 is 0 Å². The molecule has 0 amide bonds. The molecule has 19 heavy (non-hydrogen) atoms. The quantitative estimate of drug-likeness (QED) is 0.389. The third-order valence-corrected chi connectivity index (χ3v) is 2.83. The fraction of sp³-hybridized carbons (Fsp3) is 0.438. The predicted octanol–water partition coefficient (Wildman–Crippen LogP) is 3.21. The maximum absolute atomic E-state index is 11.2. The maximum atomic E-state index is 11.2. The Hall–Kier alpha value is -1.61. The summed E-state index contributed by atoms with van der Waals surface area (Å²) in [5.74, 6) is 0.659. The lowest BCUT2D eigenvalue weighted by molar-refractivity contribution is 0.106. The fourth-order valence-electron chi connectivity index (χ4n) is 1.90. The van der Waals surface area contributed by atoms with Gasteiger partial charge in [-0.15, -0.1) is 6.58 Å². The first-order chi connectivity index (χ1) is 9.26. The monoisotopic (exact) mass is 262 g/mol. The fourth-order valence-corrected chi connectivity index (χ4v) is 1.90. The van der Waals surface area contributed by atoms with E-state index in [1.54, 1.807) is 0 Å². The zero-order chi connectivity index (χ0) is 14.1. The summed E-state index contributed by atoms with van der Waals surface area (Å²) in [5, 5.41) is 0. The number of allylic oxidation sites excluding steroid dienone is 1. The second-order valence-corrected chi connectivity index (χ2v) is 4.18. The molecule has 1 aromatic carbocycles. The van der Waals surface area contributed by atoms with E-state index in [0.29, 0.717) is 37.6 Å². The van der Waals surface area contributed by atoms with E-state index in [4.69, 9.17) is 9.47 Å². The van der Waals surface area contributed by atoms with Gasteiger partial charge in [0, 0.05) is 6.61 Å². The van der Waals surface area contributed by atoms with Gasteiger partial charge in [-0.3, -0.25) is 4.79 Å². The summed E-state index contributed by atoms with van der Waals surface area (Å²) in [7, 11) is 0. The first-order valence-electron chi connectivity index (χ1n) is 6.69. The summed E-state index contributed by atoms with van der Waals surface area (Å²) in [5.41, 5.74) is 2.75. The number of aldehydes is 1. The van der Waals surface area contributed by atoms with Crippen molar-refractivity contribution < 1.29 is 14.3 Å². The van der Waals surface area contributed by atoms with E-state index >= 15 is 0 Å². The maximum Gasteiger partial charge on any atom is 0.153 e. The van der Waals surface area contributed by atoms with Gasteiger partial charge in [0.15, 0.2) is 6.29 Å². The van der Waals surface area contributed by atoms with Crippen LogP contribution in [0.1, 0.15) is 35.3 Å². The van der Waals surface area contributed by atoms with Crippen LogP contribution in [0, 0.1) is 0 Å². The van der Waals surface area contributed by atoms with E-state index in [1.807, 2.05) is 19.1 Å². The van der Waals surface area contributed by atoms with E-state index in [1.165, 1.54) is 0 Å². The minimum absolute atomic E-state index is 0.449. The molecule has 1 aromatic rings. The van der Waals surface area contributed by atoms with Crippen molar-refractivity contribution in [2.45, 2.75) is 26.7 Å². The van der Waals surface area contributed by atoms with Gasteiger partial charge in [-0.05, 0) is 37.0 Å². The molecule has 0 bridgehead atoms. The van der Waals surface area contributed by atoms with Crippen molar-refractivity contribution in [3.05, 3.63) is 41.5 Å². The highest BCUT2D eigenvalue weighted by molar-refractivity contribution is 5.80. The highest BCUT2D eigenvalue weighted by Gasteiger charge is 2.11. The number of hydrogen-bond acceptors (Lipinski definition) is 3. The Balaban J connectivity index is 2.96. The molecular formula is C16H22O3. The molecule has 0 aliphatic rings. The van der Waals surface area contributed by atoms with Crippen LogP contribution in [0.15, 0.2) is 24.8 Å². The standard InChI is InChI=1S/C16H22O3/c1-4-7-14-10-13(5-2)11-15(12-17)16(14)19-9-8-18-6-3/h4,10-12H,1,5-9H2,2-3H3. The molecule has 0 fully saturated rings. The average molecular weight is 262 g/mol. The molecular weight excluding hydrogens is 240 g/mol. The summed E-state index contributed by atoms with van der Waals surface area (Å²) in [6, 6.07) is 3.96. The molecule has 0 N–H and O–H groups in total. The van der Waals surface area contributed by atoms with E-state index in [-0.39, 0.29) is 0 Å². The topological polar surface area (TPSA) is 35.5 Å². The van der Waals surface area contributed by atoms with E-state index in [2.05, 4.69) is 19.6 Å². The highest BCUT2D eigenvalue weighted by Crippen LogP contribution is 2.26.